The summed E-state index contributed by atoms with van der Waals surface area (Å²) in [7, 11) is 0. The van der Waals surface area contributed by atoms with Crippen LogP contribution in [0.2, 0.25) is 0 Å². The molecule has 3 aromatic rings. The zero-order valence-electron chi connectivity index (χ0n) is 15.7. The molecule has 2 aromatic heterocycles. The van der Waals surface area contributed by atoms with Crippen molar-refractivity contribution >= 4 is 29.4 Å². The van der Waals surface area contributed by atoms with E-state index in [0.717, 1.165) is 31.4 Å². The van der Waals surface area contributed by atoms with Gasteiger partial charge in [0.05, 0.1) is 22.3 Å². The third kappa shape index (κ3) is 3.97. The van der Waals surface area contributed by atoms with E-state index in [4.69, 9.17) is 10.3 Å². The summed E-state index contributed by atoms with van der Waals surface area (Å²) in [6.45, 7) is 0.434. The number of hydrogen-bond acceptors (Lipinski definition) is 5. The fourth-order valence-corrected chi connectivity index (χ4v) is 3.55. The van der Waals surface area contributed by atoms with E-state index in [0.29, 0.717) is 46.3 Å². The van der Waals surface area contributed by atoms with E-state index in [1.54, 1.807) is 18.2 Å². The number of benzene rings is 1. The summed E-state index contributed by atoms with van der Waals surface area (Å²) >= 11 is 0. The van der Waals surface area contributed by atoms with Crippen LogP contribution >= 0.6 is 12.4 Å². The van der Waals surface area contributed by atoms with Crippen molar-refractivity contribution in [3.63, 3.8) is 0 Å². The quantitative estimate of drug-likeness (QED) is 0.637. The maximum absolute atomic E-state index is 13.3. The van der Waals surface area contributed by atoms with Gasteiger partial charge in [-0.05, 0) is 61.9 Å². The van der Waals surface area contributed by atoms with Crippen molar-refractivity contribution in [3.05, 3.63) is 47.4 Å². The summed E-state index contributed by atoms with van der Waals surface area (Å²) < 4.78 is 18.7. The summed E-state index contributed by atoms with van der Waals surface area (Å²) in [5.74, 6) is 0.287. The number of nitrogens with one attached hydrogen (secondary N) is 1. The molecule has 1 unspecified atom stereocenters. The molecular weight excluding hydrogens is 395 g/mol. The lowest BCUT2D eigenvalue weighted by Gasteiger charge is -2.13. The molecule has 1 amide bonds. The van der Waals surface area contributed by atoms with Crippen molar-refractivity contribution in [2.24, 2.45) is 11.7 Å². The molecule has 0 saturated heterocycles. The van der Waals surface area contributed by atoms with E-state index in [1.807, 2.05) is 0 Å². The molecule has 2 fully saturated rings. The molecule has 8 heteroatoms. The lowest BCUT2D eigenvalue weighted by atomic mass is 10.0. The molecular formula is C21H22ClFN4O2. The van der Waals surface area contributed by atoms with Gasteiger partial charge in [-0.3, -0.25) is 4.79 Å². The number of pyridine rings is 1. The van der Waals surface area contributed by atoms with Gasteiger partial charge in [0.25, 0.3) is 11.6 Å². The molecule has 3 N–H and O–H groups in total. The third-order valence-corrected chi connectivity index (χ3v) is 5.55. The molecule has 0 aliphatic heterocycles. The Balaban J connectivity index is 0.00000205. The number of halogens is 2. The van der Waals surface area contributed by atoms with Gasteiger partial charge in [-0.25, -0.2) is 9.37 Å². The van der Waals surface area contributed by atoms with Gasteiger partial charge in [0.1, 0.15) is 5.82 Å². The molecule has 152 valence electrons. The number of carbonyl (C=O) groups is 1. The van der Waals surface area contributed by atoms with E-state index >= 15 is 0 Å². The minimum absolute atomic E-state index is 0. The smallest absolute Gasteiger partial charge is 0.259 e. The Morgan fingerprint density at radius 3 is 2.62 bits per heavy atom. The minimum Gasteiger partial charge on any atom is -0.350 e. The number of nitrogens with zero attached hydrogens (tertiary/aromatic N) is 2. The van der Waals surface area contributed by atoms with Gasteiger partial charge in [-0.2, -0.15) is 0 Å². The third-order valence-electron chi connectivity index (χ3n) is 5.55. The van der Waals surface area contributed by atoms with Crippen LogP contribution in [0.5, 0.6) is 0 Å². The SMILES string of the molecule is Cl.NC(CNC(=O)c1cc(-c2ccc(F)cc2)nc2onc(C3CC3)c12)C1CC1. The van der Waals surface area contributed by atoms with Crippen molar-refractivity contribution in [2.45, 2.75) is 37.6 Å². The van der Waals surface area contributed by atoms with Crippen LogP contribution in [0.3, 0.4) is 0 Å². The monoisotopic (exact) mass is 416 g/mol. The number of aromatic nitrogens is 2. The van der Waals surface area contributed by atoms with E-state index in [-0.39, 0.29) is 30.2 Å². The highest BCUT2D eigenvalue weighted by molar-refractivity contribution is 6.07. The highest BCUT2D eigenvalue weighted by Gasteiger charge is 2.33. The first-order valence-corrected chi connectivity index (χ1v) is 9.70. The van der Waals surface area contributed by atoms with Gasteiger partial charge in [0, 0.05) is 24.1 Å². The van der Waals surface area contributed by atoms with Crippen LogP contribution in [-0.4, -0.2) is 28.6 Å². The van der Waals surface area contributed by atoms with E-state index in [2.05, 4.69) is 15.5 Å². The fraction of sp³-hybridized carbons (Fsp3) is 0.381. The number of nitrogens with two attached hydrogens (primary N) is 1. The normalized spacial score (nSPS) is 17.0. The zero-order chi connectivity index (χ0) is 19.3. The Morgan fingerprint density at radius 1 is 1.24 bits per heavy atom. The molecule has 0 bridgehead atoms. The predicted octanol–water partition coefficient (Wildman–Crippen LogP) is 3.80. The first-order valence-electron chi connectivity index (χ1n) is 9.70. The van der Waals surface area contributed by atoms with Crippen molar-refractivity contribution < 1.29 is 13.7 Å². The van der Waals surface area contributed by atoms with Gasteiger partial charge >= 0.3 is 0 Å². The predicted molar refractivity (Wildman–Crippen MR) is 109 cm³/mol. The van der Waals surface area contributed by atoms with Crippen LogP contribution in [0, 0.1) is 11.7 Å². The second-order valence-electron chi connectivity index (χ2n) is 7.80. The first kappa shape index (κ1) is 19.8. The molecule has 0 spiro atoms. The van der Waals surface area contributed by atoms with Crippen molar-refractivity contribution in [1.29, 1.82) is 0 Å². The average Bonchev–Trinajstić information content (AvgIpc) is 3.63. The highest BCUT2D eigenvalue weighted by Crippen LogP contribution is 2.43. The number of rotatable bonds is 6. The van der Waals surface area contributed by atoms with Crippen LogP contribution in [0.1, 0.15) is 47.7 Å². The highest BCUT2D eigenvalue weighted by atomic mass is 35.5. The first-order chi connectivity index (χ1) is 13.6. The van der Waals surface area contributed by atoms with Crippen LogP contribution in [0.15, 0.2) is 34.9 Å². The number of fused-ring (bicyclic) bond motifs is 1. The number of hydrogen-bond donors (Lipinski definition) is 2. The van der Waals surface area contributed by atoms with Crippen molar-refractivity contribution in [3.8, 4) is 11.3 Å². The van der Waals surface area contributed by atoms with Crippen molar-refractivity contribution in [2.75, 3.05) is 6.54 Å². The summed E-state index contributed by atoms with van der Waals surface area (Å²) in [6, 6.07) is 7.70. The molecule has 5 rings (SSSR count). The summed E-state index contributed by atoms with van der Waals surface area (Å²) in [4.78, 5) is 17.5. The molecule has 1 aromatic carbocycles. The molecule has 1 atom stereocenters. The van der Waals surface area contributed by atoms with E-state index in [9.17, 15) is 9.18 Å². The topological polar surface area (TPSA) is 94.0 Å². The van der Waals surface area contributed by atoms with Crippen LogP contribution < -0.4 is 11.1 Å². The molecule has 2 aliphatic rings. The Bertz CT molecular complexity index is 1040. The van der Waals surface area contributed by atoms with Crippen LogP contribution in [0.25, 0.3) is 22.4 Å². The van der Waals surface area contributed by atoms with Gasteiger partial charge in [0.15, 0.2) is 0 Å². The summed E-state index contributed by atoms with van der Waals surface area (Å²) in [5.41, 5.74) is 8.99. The Hall–Kier alpha value is -2.51. The van der Waals surface area contributed by atoms with Crippen LogP contribution in [-0.2, 0) is 0 Å². The second kappa shape index (κ2) is 7.72. The van der Waals surface area contributed by atoms with Crippen LogP contribution in [0.4, 0.5) is 4.39 Å². The molecule has 6 nitrogen and oxygen atoms in total. The lowest BCUT2D eigenvalue weighted by molar-refractivity contribution is 0.0952. The standard InChI is InChI=1S/C21H21FN4O2.ClH/c22-14-7-5-12(6-8-14)17-9-15(20(27)24-10-16(23)11-1-2-11)18-19(13-3-4-13)26-28-21(18)25-17;/h5-9,11,13,16H,1-4,10,23H2,(H,24,27);1H. The second-order valence-corrected chi connectivity index (χ2v) is 7.80. The summed E-state index contributed by atoms with van der Waals surface area (Å²) in [6.07, 6.45) is 4.33. The van der Waals surface area contributed by atoms with Crippen molar-refractivity contribution in [1.82, 2.24) is 15.5 Å². The van der Waals surface area contributed by atoms with Gasteiger partial charge < -0.3 is 15.6 Å². The Morgan fingerprint density at radius 2 is 1.97 bits per heavy atom. The van der Waals surface area contributed by atoms with E-state index < -0.39 is 0 Å². The molecule has 0 radical (unpaired) electrons. The lowest BCUT2D eigenvalue weighted by Crippen LogP contribution is -2.38. The maximum atomic E-state index is 13.3. The van der Waals surface area contributed by atoms with E-state index in [1.165, 1.54) is 12.1 Å². The van der Waals surface area contributed by atoms with Gasteiger partial charge in [-0.1, -0.05) is 5.16 Å². The Labute approximate surface area is 173 Å². The summed E-state index contributed by atoms with van der Waals surface area (Å²) in [5, 5.41) is 7.81. The molecule has 2 saturated carbocycles. The fourth-order valence-electron chi connectivity index (χ4n) is 3.55. The van der Waals surface area contributed by atoms with Gasteiger partial charge in [-0.15, -0.1) is 12.4 Å². The number of amides is 1. The molecule has 2 aliphatic carbocycles. The average molecular weight is 417 g/mol. The maximum Gasteiger partial charge on any atom is 0.259 e. The number of carbonyl (C=O) groups excluding carboxylic acids is 1. The largest absolute Gasteiger partial charge is 0.350 e. The molecule has 29 heavy (non-hydrogen) atoms. The Kier molecular flexibility index (Phi) is 5.27. The molecule has 2 heterocycles. The van der Waals surface area contributed by atoms with Gasteiger partial charge in [0.2, 0.25) is 0 Å². The minimum atomic E-state index is -0.326. The zero-order valence-corrected chi connectivity index (χ0v) is 16.5.